The molecule has 2 aromatic rings. The van der Waals surface area contributed by atoms with Crippen molar-refractivity contribution in [2.75, 3.05) is 56.4 Å². The maximum absolute atomic E-state index is 13.6. The number of allylic oxidation sites excluding steroid dienone is 4. The molecule has 1 atom stereocenters. The van der Waals surface area contributed by atoms with Gasteiger partial charge in [0.25, 0.3) is 0 Å². The van der Waals surface area contributed by atoms with Gasteiger partial charge >= 0.3 is 0 Å². The second-order valence-electron chi connectivity index (χ2n) is 10.1. The van der Waals surface area contributed by atoms with Crippen LogP contribution in [0.2, 0.25) is 0 Å². The van der Waals surface area contributed by atoms with E-state index in [1.165, 1.54) is 30.5 Å². The highest BCUT2D eigenvalue weighted by molar-refractivity contribution is 5.84. The van der Waals surface area contributed by atoms with E-state index in [0.717, 1.165) is 87.1 Å². The van der Waals surface area contributed by atoms with Gasteiger partial charge in [-0.2, -0.15) is 0 Å². The number of nitrogens with zero attached hydrogens (tertiary/aromatic N) is 5. The normalized spacial score (nSPS) is 21.0. The van der Waals surface area contributed by atoms with Crippen molar-refractivity contribution in [3.63, 3.8) is 0 Å². The molecule has 3 aliphatic heterocycles. The second-order valence-corrected chi connectivity index (χ2v) is 10.1. The quantitative estimate of drug-likeness (QED) is 0.590. The summed E-state index contributed by atoms with van der Waals surface area (Å²) in [6.45, 7) is 6.34. The summed E-state index contributed by atoms with van der Waals surface area (Å²) < 4.78 is 25.8. The minimum Gasteiger partial charge on any atom is -0.465 e. The molecule has 9 heteroatoms. The SMILES string of the molecule is Nc1ncnc(N2CCN([C@@H](CN3CCC3)C3=COC=C(C4=CC=CCC4)O3)CC2)c1-c1ccc(F)cc1. The predicted octanol–water partition coefficient (Wildman–Crippen LogP) is 4.07. The van der Waals surface area contributed by atoms with E-state index in [2.05, 4.69) is 42.9 Å². The number of nitrogen functional groups attached to an aromatic ring is 1. The molecule has 8 nitrogen and oxygen atoms in total. The highest BCUT2D eigenvalue weighted by Gasteiger charge is 2.34. The second kappa shape index (κ2) is 11.0. The van der Waals surface area contributed by atoms with Crippen molar-refractivity contribution in [2.45, 2.75) is 25.3 Å². The molecule has 0 radical (unpaired) electrons. The number of likely N-dealkylation sites (tertiary alicyclic amines) is 1. The third kappa shape index (κ3) is 5.16. The van der Waals surface area contributed by atoms with Crippen LogP contribution in [0, 0.1) is 5.82 Å². The van der Waals surface area contributed by atoms with Gasteiger partial charge in [0.2, 0.25) is 0 Å². The first-order valence-corrected chi connectivity index (χ1v) is 13.3. The van der Waals surface area contributed by atoms with Crippen molar-refractivity contribution in [3.8, 4) is 11.1 Å². The molecule has 0 amide bonds. The molecule has 6 rings (SSSR count). The molecular formula is C29H33FN6O2. The summed E-state index contributed by atoms with van der Waals surface area (Å²) in [5.41, 5.74) is 9.00. The van der Waals surface area contributed by atoms with Crippen molar-refractivity contribution in [3.05, 3.63) is 84.3 Å². The van der Waals surface area contributed by atoms with Crippen LogP contribution < -0.4 is 10.6 Å². The standard InChI is InChI=1S/C29H33FN6O2/c30-23-9-7-22(8-10-23)27-28(31)32-20-33-29(27)36-15-13-35(14-16-36)24(17-34-11-4-12-34)26-19-37-18-25(38-26)21-5-2-1-3-6-21/h1-2,5,7-10,18-20,24H,3-4,6,11-17H2,(H2,31,32,33)/t24-/m0/s1. The smallest absolute Gasteiger partial charge is 0.165 e. The molecule has 4 aliphatic rings. The van der Waals surface area contributed by atoms with Gasteiger partial charge in [-0.05, 0) is 55.6 Å². The topological polar surface area (TPSA) is 80.0 Å². The summed E-state index contributed by atoms with van der Waals surface area (Å²) in [5, 5.41) is 0. The van der Waals surface area contributed by atoms with Crippen LogP contribution in [-0.2, 0) is 9.47 Å². The predicted molar refractivity (Wildman–Crippen MR) is 145 cm³/mol. The number of nitrogens with two attached hydrogens (primary N) is 1. The number of anilines is 2. The Balaban J connectivity index is 1.19. The molecular weight excluding hydrogens is 483 g/mol. The highest BCUT2D eigenvalue weighted by Crippen LogP contribution is 2.34. The lowest BCUT2D eigenvalue weighted by Crippen LogP contribution is -2.56. The van der Waals surface area contributed by atoms with E-state index in [4.69, 9.17) is 15.2 Å². The maximum Gasteiger partial charge on any atom is 0.165 e. The molecule has 2 fully saturated rings. The molecule has 2 saturated heterocycles. The Morgan fingerprint density at radius 1 is 1.00 bits per heavy atom. The monoisotopic (exact) mass is 516 g/mol. The summed E-state index contributed by atoms with van der Waals surface area (Å²) in [7, 11) is 0. The zero-order valence-electron chi connectivity index (χ0n) is 21.4. The van der Waals surface area contributed by atoms with Crippen molar-refractivity contribution in [1.82, 2.24) is 19.8 Å². The van der Waals surface area contributed by atoms with Crippen molar-refractivity contribution in [1.29, 1.82) is 0 Å². The Labute approximate surface area is 222 Å². The number of ether oxygens (including phenoxy) is 2. The van der Waals surface area contributed by atoms with Crippen LogP contribution in [0.1, 0.15) is 19.3 Å². The van der Waals surface area contributed by atoms with E-state index in [0.29, 0.717) is 5.82 Å². The van der Waals surface area contributed by atoms with Gasteiger partial charge in [0.1, 0.15) is 36.3 Å². The van der Waals surface area contributed by atoms with Gasteiger partial charge in [-0.1, -0.05) is 30.4 Å². The fourth-order valence-electron chi connectivity index (χ4n) is 5.40. The Morgan fingerprint density at radius 3 is 2.53 bits per heavy atom. The molecule has 38 heavy (non-hydrogen) atoms. The van der Waals surface area contributed by atoms with E-state index < -0.39 is 0 Å². The van der Waals surface area contributed by atoms with E-state index in [-0.39, 0.29) is 11.9 Å². The first-order chi connectivity index (χ1) is 18.7. The summed E-state index contributed by atoms with van der Waals surface area (Å²) in [6.07, 6.45) is 14.5. The summed E-state index contributed by atoms with van der Waals surface area (Å²) in [4.78, 5) is 16.0. The zero-order valence-corrected chi connectivity index (χ0v) is 21.4. The van der Waals surface area contributed by atoms with E-state index in [9.17, 15) is 4.39 Å². The fourth-order valence-corrected chi connectivity index (χ4v) is 5.40. The Morgan fingerprint density at radius 2 is 1.82 bits per heavy atom. The van der Waals surface area contributed by atoms with E-state index in [1.54, 1.807) is 24.7 Å². The molecule has 1 aromatic heterocycles. The van der Waals surface area contributed by atoms with Crippen molar-refractivity contribution < 1.29 is 13.9 Å². The number of hydrogen-bond acceptors (Lipinski definition) is 8. The summed E-state index contributed by atoms with van der Waals surface area (Å²) >= 11 is 0. The van der Waals surface area contributed by atoms with Crippen LogP contribution >= 0.6 is 0 Å². The summed E-state index contributed by atoms with van der Waals surface area (Å²) in [5.74, 6) is 2.55. The van der Waals surface area contributed by atoms with E-state index in [1.807, 2.05) is 0 Å². The number of halogens is 1. The maximum atomic E-state index is 13.6. The van der Waals surface area contributed by atoms with Crippen LogP contribution in [0.25, 0.3) is 11.1 Å². The van der Waals surface area contributed by atoms with Gasteiger partial charge in [0.05, 0.1) is 11.6 Å². The highest BCUT2D eigenvalue weighted by atomic mass is 19.1. The van der Waals surface area contributed by atoms with Crippen molar-refractivity contribution >= 4 is 11.6 Å². The largest absolute Gasteiger partial charge is 0.465 e. The minimum atomic E-state index is -0.287. The third-order valence-corrected chi connectivity index (χ3v) is 7.67. The average molecular weight is 517 g/mol. The van der Waals surface area contributed by atoms with Crippen LogP contribution in [0.4, 0.5) is 16.0 Å². The van der Waals surface area contributed by atoms with Gasteiger partial charge in [0.15, 0.2) is 11.5 Å². The van der Waals surface area contributed by atoms with Gasteiger partial charge in [-0.15, -0.1) is 0 Å². The molecule has 0 spiro atoms. The van der Waals surface area contributed by atoms with Crippen molar-refractivity contribution in [2.24, 2.45) is 0 Å². The Hall–Kier alpha value is -3.69. The lowest BCUT2D eigenvalue weighted by Gasteiger charge is -2.43. The lowest BCUT2D eigenvalue weighted by atomic mass is 10.0. The zero-order chi connectivity index (χ0) is 25.9. The Kier molecular flexibility index (Phi) is 7.11. The molecule has 1 aliphatic carbocycles. The van der Waals surface area contributed by atoms with Crippen LogP contribution in [-0.4, -0.2) is 71.6 Å². The first kappa shape index (κ1) is 24.6. The molecule has 1 aromatic carbocycles. The number of hydrogen-bond donors (Lipinski definition) is 1. The fraction of sp³-hybridized carbons (Fsp3) is 0.379. The van der Waals surface area contributed by atoms with Gasteiger partial charge in [-0.25, -0.2) is 14.4 Å². The third-order valence-electron chi connectivity index (χ3n) is 7.67. The average Bonchev–Trinajstić information content (AvgIpc) is 2.94. The number of aromatic nitrogens is 2. The molecule has 2 N–H and O–H groups in total. The lowest BCUT2D eigenvalue weighted by molar-refractivity contribution is 0.0750. The summed E-state index contributed by atoms with van der Waals surface area (Å²) in [6, 6.07) is 6.41. The van der Waals surface area contributed by atoms with Crippen LogP contribution in [0.15, 0.2) is 78.4 Å². The first-order valence-electron chi connectivity index (χ1n) is 13.3. The molecule has 0 unspecified atom stereocenters. The molecule has 4 heterocycles. The number of piperazine rings is 1. The van der Waals surface area contributed by atoms with Crippen LogP contribution in [0.5, 0.6) is 0 Å². The molecule has 198 valence electrons. The molecule has 0 bridgehead atoms. The number of benzene rings is 1. The molecule has 0 saturated carbocycles. The Bertz CT molecular complexity index is 1280. The van der Waals surface area contributed by atoms with Gasteiger partial charge in [0, 0.05) is 32.7 Å². The van der Waals surface area contributed by atoms with E-state index >= 15 is 0 Å². The van der Waals surface area contributed by atoms with Gasteiger partial charge in [-0.3, -0.25) is 4.90 Å². The van der Waals surface area contributed by atoms with Crippen LogP contribution in [0.3, 0.4) is 0 Å². The number of rotatable bonds is 7. The van der Waals surface area contributed by atoms with Gasteiger partial charge < -0.3 is 25.0 Å². The minimum absolute atomic E-state index is 0.0907.